The van der Waals surface area contributed by atoms with Gasteiger partial charge in [0.25, 0.3) is 0 Å². The maximum absolute atomic E-state index is 4.48. The summed E-state index contributed by atoms with van der Waals surface area (Å²) in [4.78, 5) is 9.45. The summed E-state index contributed by atoms with van der Waals surface area (Å²) >= 11 is 0. The van der Waals surface area contributed by atoms with Gasteiger partial charge >= 0.3 is 0 Å². The van der Waals surface area contributed by atoms with Crippen molar-refractivity contribution in [2.24, 2.45) is 0 Å². The van der Waals surface area contributed by atoms with Crippen LogP contribution >= 0.6 is 0 Å². The molecule has 0 amide bonds. The minimum Gasteiger partial charge on any atom is -0.348 e. The second-order valence-electron chi connectivity index (χ2n) is 4.70. The Morgan fingerprint density at radius 2 is 1.93 bits per heavy atom. The Hall–Kier alpha value is -1.09. The van der Waals surface area contributed by atoms with Crippen molar-refractivity contribution in [3.8, 4) is 0 Å². The third-order valence-corrected chi connectivity index (χ3v) is 3.58. The zero-order valence-corrected chi connectivity index (χ0v) is 9.13. The van der Waals surface area contributed by atoms with Crippen LogP contribution in [0.3, 0.4) is 0 Å². The molecular formula is C12H17N3. The van der Waals surface area contributed by atoms with Gasteiger partial charge in [0.15, 0.2) is 0 Å². The highest BCUT2D eigenvalue weighted by Gasteiger charge is 2.39. The normalized spacial score (nSPS) is 30.9. The third-order valence-electron chi connectivity index (χ3n) is 3.58. The topological polar surface area (TPSA) is 19.4 Å². The molecule has 2 fully saturated rings. The van der Waals surface area contributed by atoms with Gasteiger partial charge in [-0.1, -0.05) is 6.07 Å². The number of anilines is 1. The van der Waals surface area contributed by atoms with Crippen molar-refractivity contribution in [1.29, 1.82) is 0 Å². The van der Waals surface area contributed by atoms with Crippen LogP contribution in [-0.4, -0.2) is 42.1 Å². The molecule has 0 spiro atoms. The van der Waals surface area contributed by atoms with Crippen molar-refractivity contribution >= 4 is 5.82 Å². The van der Waals surface area contributed by atoms with Gasteiger partial charge in [-0.15, -0.1) is 0 Å². The van der Waals surface area contributed by atoms with Gasteiger partial charge in [0.05, 0.1) is 0 Å². The predicted octanol–water partition coefficient (Wildman–Crippen LogP) is 1.36. The molecule has 0 aliphatic carbocycles. The van der Waals surface area contributed by atoms with Crippen molar-refractivity contribution in [3.05, 3.63) is 24.4 Å². The fourth-order valence-corrected chi connectivity index (χ4v) is 2.99. The van der Waals surface area contributed by atoms with E-state index < -0.39 is 0 Å². The fourth-order valence-electron chi connectivity index (χ4n) is 2.99. The SMILES string of the molecule is CN1CC2CCC(C1)N2c1ccccn1. The van der Waals surface area contributed by atoms with E-state index >= 15 is 0 Å². The minimum atomic E-state index is 0.684. The predicted molar refractivity (Wildman–Crippen MR) is 61.0 cm³/mol. The van der Waals surface area contributed by atoms with E-state index in [0.717, 1.165) is 5.82 Å². The van der Waals surface area contributed by atoms with E-state index in [-0.39, 0.29) is 0 Å². The Labute approximate surface area is 90.7 Å². The second kappa shape index (κ2) is 3.49. The van der Waals surface area contributed by atoms with Crippen LogP contribution in [0, 0.1) is 0 Å². The molecule has 3 rings (SSSR count). The Morgan fingerprint density at radius 1 is 1.20 bits per heavy atom. The maximum atomic E-state index is 4.48. The molecule has 3 nitrogen and oxygen atoms in total. The van der Waals surface area contributed by atoms with Crippen LogP contribution in [0.2, 0.25) is 0 Å². The van der Waals surface area contributed by atoms with Crippen LogP contribution in [0.4, 0.5) is 5.82 Å². The van der Waals surface area contributed by atoms with Gasteiger partial charge in [-0.25, -0.2) is 4.98 Å². The summed E-state index contributed by atoms with van der Waals surface area (Å²) in [6.07, 6.45) is 4.55. The molecule has 0 N–H and O–H groups in total. The summed E-state index contributed by atoms with van der Waals surface area (Å²) in [5, 5.41) is 0. The number of hydrogen-bond acceptors (Lipinski definition) is 3. The van der Waals surface area contributed by atoms with Crippen LogP contribution in [0.5, 0.6) is 0 Å². The van der Waals surface area contributed by atoms with Gasteiger partial charge in [0.1, 0.15) is 5.82 Å². The van der Waals surface area contributed by atoms with Gasteiger partial charge in [0, 0.05) is 31.4 Å². The number of fused-ring (bicyclic) bond motifs is 2. The largest absolute Gasteiger partial charge is 0.348 e. The third kappa shape index (κ3) is 1.51. The van der Waals surface area contributed by atoms with Crippen LogP contribution in [-0.2, 0) is 0 Å². The summed E-state index contributed by atoms with van der Waals surface area (Å²) in [6, 6.07) is 7.57. The van der Waals surface area contributed by atoms with E-state index in [0.29, 0.717) is 12.1 Å². The molecule has 2 unspecified atom stereocenters. The lowest BCUT2D eigenvalue weighted by atomic mass is 10.2. The first-order valence-electron chi connectivity index (χ1n) is 5.72. The Balaban J connectivity index is 1.89. The zero-order valence-electron chi connectivity index (χ0n) is 9.13. The van der Waals surface area contributed by atoms with E-state index in [2.05, 4.69) is 34.0 Å². The fraction of sp³-hybridized carbons (Fsp3) is 0.583. The van der Waals surface area contributed by atoms with Gasteiger partial charge in [0.2, 0.25) is 0 Å². The summed E-state index contributed by atoms with van der Waals surface area (Å²) in [6.45, 7) is 2.38. The molecule has 0 saturated carbocycles. The first kappa shape index (κ1) is 9.16. The molecule has 2 aliphatic rings. The molecule has 2 saturated heterocycles. The summed E-state index contributed by atoms with van der Waals surface area (Å²) in [5.41, 5.74) is 0. The van der Waals surface area contributed by atoms with Crippen LogP contribution in [0.25, 0.3) is 0 Å². The number of rotatable bonds is 1. The van der Waals surface area contributed by atoms with Crippen LogP contribution in [0.15, 0.2) is 24.4 Å². The van der Waals surface area contributed by atoms with Gasteiger partial charge < -0.3 is 9.80 Å². The number of nitrogens with zero attached hydrogens (tertiary/aromatic N) is 3. The molecular weight excluding hydrogens is 186 g/mol. The zero-order chi connectivity index (χ0) is 10.3. The molecule has 15 heavy (non-hydrogen) atoms. The molecule has 1 aromatic rings. The van der Waals surface area contributed by atoms with Crippen LogP contribution in [0.1, 0.15) is 12.8 Å². The number of pyridine rings is 1. The second-order valence-corrected chi connectivity index (χ2v) is 4.70. The summed E-state index contributed by atoms with van der Waals surface area (Å²) in [7, 11) is 2.22. The van der Waals surface area contributed by atoms with Crippen molar-refractivity contribution < 1.29 is 0 Å². The van der Waals surface area contributed by atoms with Gasteiger partial charge in [-0.2, -0.15) is 0 Å². The van der Waals surface area contributed by atoms with Crippen molar-refractivity contribution in [1.82, 2.24) is 9.88 Å². The molecule has 2 aliphatic heterocycles. The Kier molecular flexibility index (Phi) is 2.13. The van der Waals surface area contributed by atoms with E-state index in [9.17, 15) is 0 Å². The highest BCUT2D eigenvalue weighted by atomic mass is 15.3. The lowest BCUT2D eigenvalue weighted by Crippen LogP contribution is -2.52. The quantitative estimate of drug-likeness (QED) is 0.687. The molecule has 3 heterocycles. The van der Waals surface area contributed by atoms with Crippen molar-refractivity contribution in [2.45, 2.75) is 24.9 Å². The monoisotopic (exact) mass is 203 g/mol. The number of hydrogen-bond donors (Lipinski definition) is 0. The Morgan fingerprint density at radius 3 is 2.53 bits per heavy atom. The highest BCUT2D eigenvalue weighted by molar-refractivity contribution is 5.43. The first-order valence-corrected chi connectivity index (χ1v) is 5.72. The highest BCUT2D eigenvalue weighted by Crippen LogP contribution is 2.32. The number of piperazine rings is 1. The van der Waals surface area contributed by atoms with E-state index in [1.54, 1.807) is 0 Å². The number of aromatic nitrogens is 1. The van der Waals surface area contributed by atoms with E-state index in [1.807, 2.05) is 12.3 Å². The summed E-state index contributed by atoms with van der Waals surface area (Å²) < 4.78 is 0. The molecule has 0 aromatic carbocycles. The van der Waals surface area contributed by atoms with Crippen molar-refractivity contribution in [3.63, 3.8) is 0 Å². The first-order chi connectivity index (χ1) is 7.34. The molecule has 2 bridgehead atoms. The average molecular weight is 203 g/mol. The van der Waals surface area contributed by atoms with Crippen LogP contribution < -0.4 is 4.90 Å². The summed E-state index contributed by atoms with van der Waals surface area (Å²) in [5.74, 6) is 1.16. The molecule has 3 heteroatoms. The average Bonchev–Trinajstić information content (AvgIpc) is 2.53. The lowest BCUT2D eigenvalue weighted by molar-refractivity contribution is 0.264. The van der Waals surface area contributed by atoms with Gasteiger partial charge in [-0.3, -0.25) is 0 Å². The molecule has 1 aromatic heterocycles. The smallest absolute Gasteiger partial charge is 0.129 e. The standard InChI is InChI=1S/C12H17N3/c1-14-8-10-5-6-11(9-14)15(10)12-4-2-3-7-13-12/h2-4,7,10-11H,5-6,8-9H2,1H3. The van der Waals surface area contributed by atoms with Gasteiger partial charge in [-0.05, 0) is 32.0 Å². The number of likely N-dealkylation sites (tertiary alicyclic amines) is 1. The molecule has 0 radical (unpaired) electrons. The minimum absolute atomic E-state index is 0.684. The van der Waals surface area contributed by atoms with E-state index in [1.165, 1.54) is 25.9 Å². The molecule has 80 valence electrons. The van der Waals surface area contributed by atoms with E-state index in [4.69, 9.17) is 0 Å². The molecule has 2 atom stereocenters. The Bertz CT molecular complexity index is 324. The number of likely N-dealkylation sites (N-methyl/N-ethyl adjacent to an activating group) is 1. The van der Waals surface area contributed by atoms with Crippen molar-refractivity contribution in [2.75, 3.05) is 25.0 Å². The maximum Gasteiger partial charge on any atom is 0.129 e. The lowest BCUT2D eigenvalue weighted by Gasteiger charge is -2.40.